The summed E-state index contributed by atoms with van der Waals surface area (Å²) in [5.74, 6) is -1.56. The largest absolute Gasteiger partial charge is 0.381 e. The molecule has 1 fully saturated rings. The zero-order chi connectivity index (χ0) is 20.7. The Morgan fingerprint density at radius 3 is 2.31 bits per heavy atom. The molecule has 2 N–H and O–H groups in total. The summed E-state index contributed by atoms with van der Waals surface area (Å²) >= 11 is 1.68. The molecule has 0 spiro atoms. The molecule has 0 saturated carbocycles. The molecule has 1 heterocycles. The zero-order valence-corrected chi connectivity index (χ0v) is 16.4. The van der Waals surface area contributed by atoms with Crippen molar-refractivity contribution in [2.24, 2.45) is 0 Å². The van der Waals surface area contributed by atoms with Crippen LogP contribution < -0.4 is 10.6 Å². The Morgan fingerprint density at radius 2 is 1.69 bits per heavy atom. The Hall–Kier alpha value is -2.91. The van der Waals surface area contributed by atoms with E-state index in [1.807, 2.05) is 30.3 Å². The van der Waals surface area contributed by atoms with E-state index in [-0.39, 0.29) is 10.4 Å². The first-order chi connectivity index (χ1) is 14.0. The number of hydrogen-bond acceptors (Lipinski definition) is 6. The Labute approximate surface area is 172 Å². The van der Waals surface area contributed by atoms with Gasteiger partial charge in [-0.2, -0.15) is 0 Å². The van der Waals surface area contributed by atoms with Crippen LogP contribution in [0.25, 0.3) is 0 Å². The van der Waals surface area contributed by atoms with Gasteiger partial charge in [-0.3, -0.25) is 19.7 Å². The zero-order valence-electron chi connectivity index (χ0n) is 15.6. The topological polar surface area (TPSA) is 111 Å². The molecule has 9 heteroatoms. The van der Waals surface area contributed by atoms with E-state index in [2.05, 4.69) is 10.6 Å². The maximum absolute atomic E-state index is 12.3. The van der Waals surface area contributed by atoms with Crippen molar-refractivity contribution in [3.05, 3.63) is 64.7 Å². The highest BCUT2D eigenvalue weighted by Gasteiger charge is 2.34. The lowest BCUT2D eigenvalue weighted by Gasteiger charge is -2.36. The lowest BCUT2D eigenvalue weighted by molar-refractivity contribution is -0.384. The molecule has 152 valence electrons. The van der Waals surface area contributed by atoms with E-state index in [0.29, 0.717) is 25.4 Å². The molecule has 2 aromatic rings. The molecule has 2 aromatic carbocycles. The van der Waals surface area contributed by atoms with E-state index in [9.17, 15) is 19.7 Å². The van der Waals surface area contributed by atoms with Crippen LogP contribution in [0.2, 0.25) is 0 Å². The number of thioether (sulfide) groups is 1. The molecule has 2 amide bonds. The summed E-state index contributed by atoms with van der Waals surface area (Å²) in [6, 6.07) is 15.2. The van der Waals surface area contributed by atoms with Crippen LogP contribution in [-0.4, -0.2) is 41.2 Å². The normalized spacial score (nSPS) is 15.3. The maximum Gasteiger partial charge on any atom is 0.313 e. The summed E-state index contributed by atoms with van der Waals surface area (Å²) in [6.07, 6.45) is 1.52. The average molecular weight is 415 g/mol. The second kappa shape index (κ2) is 9.53. The van der Waals surface area contributed by atoms with Crippen molar-refractivity contribution in [1.82, 2.24) is 5.32 Å². The van der Waals surface area contributed by atoms with Crippen molar-refractivity contribution in [2.75, 3.05) is 25.1 Å². The number of hydrogen-bond donors (Lipinski definition) is 2. The van der Waals surface area contributed by atoms with Crippen LogP contribution in [0.5, 0.6) is 0 Å². The number of benzene rings is 2. The number of anilines is 1. The number of nitro groups is 1. The van der Waals surface area contributed by atoms with Crippen molar-refractivity contribution >= 4 is 35.0 Å². The number of ether oxygens (including phenoxy) is 1. The van der Waals surface area contributed by atoms with Crippen molar-refractivity contribution in [3.63, 3.8) is 0 Å². The third-order valence-electron chi connectivity index (χ3n) is 4.59. The van der Waals surface area contributed by atoms with E-state index >= 15 is 0 Å². The highest BCUT2D eigenvalue weighted by atomic mass is 32.2. The minimum atomic E-state index is -0.814. The molecule has 1 saturated heterocycles. The molecule has 1 aliphatic heterocycles. The van der Waals surface area contributed by atoms with Gasteiger partial charge in [0.05, 0.1) is 4.92 Å². The van der Waals surface area contributed by atoms with Crippen LogP contribution in [0.1, 0.15) is 12.8 Å². The molecule has 8 nitrogen and oxygen atoms in total. The van der Waals surface area contributed by atoms with Gasteiger partial charge in [0, 0.05) is 47.2 Å². The molecule has 0 radical (unpaired) electrons. The first-order valence-electron chi connectivity index (χ1n) is 9.13. The van der Waals surface area contributed by atoms with E-state index in [4.69, 9.17) is 4.74 Å². The first-order valence-corrected chi connectivity index (χ1v) is 9.95. The molecule has 1 aliphatic rings. The van der Waals surface area contributed by atoms with E-state index < -0.39 is 16.7 Å². The Bertz CT molecular complexity index is 867. The smallest absolute Gasteiger partial charge is 0.313 e. The second-order valence-electron chi connectivity index (χ2n) is 6.65. The third-order valence-corrected chi connectivity index (χ3v) is 6.09. The van der Waals surface area contributed by atoms with Gasteiger partial charge in [-0.25, -0.2) is 0 Å². The molecular weight excluding hydrogens is 394 g/mol. The summed E-state index contributed by atoms with van der Waals surface area (Å²) in [7, 11) is 0. The van der Waals surface area contributed by atoms with Crippen LogP contribution in [0.4, 0.5) is 11.4 Å². The molecule has 0 bridgehead atoms. The van der Waals surface area contributed by atoms with Gasteiger partial charge in [0.2, 0.25) is 0 Å². The van der Waals surface area contributed by atoms with Gasteiger partial charge in [0.25, 0.3) is 5.69 Å². The number of nitrogens with zero attached hydrogens (tertiary/aromatic N) is 1. The van der Waals surface area contributed by atoms with Crippen molar-refractivity contribution in [2.45, 2.75) is 22.5 Å². The highest BCUT2D eigenvalue weighted by Crippen LogP contribution is 2.40. The SMILES string of the molecule is O=C(NCC1(Sc2ccccc2)CCOCC1)C(=O)Nc1ccc([N+](=O)[O-])cc1. The highest BCUT2D eigenvalue weighted by molar-refractivity contribution is 8.00. The molecule has 29 heavy (non-hydrogen) atoms. The van der Waals surface area contributed by atoms with Gasteiger partial charge in [0.1, 0.15) is 0 Å². The molecule has 0 aromatic heterocycles. The standard InChI is InChI=1S/C20H21N3O5S/c24-18(19(25)22-15-6-8-16(9-7-15)23(26)27)21-14-20(10-12-28-13-11-20)29-17-4-2-1-3-5-17/h1-9H,10-14H2,(H,21,24)(H,22,25). The van der Waals surface area contributed by atoms with Crippen LogP contribution >= 0.6 is 11.8 Å². The summed E-state index contributed by atoms with van der Waals surface area (Å²) in [6.45, 7) is 1.54. The quantitative estimate of drug-likeness (QED) is 0.426. The van der Waals surface area contributed by atoms with Gasteiger partial charge in [-0.15, -0.1) is 11.8 Å². The maximum atomic E-state index is 12.3. The fraction of sp³-hybridized carbons (Fsp3) is 0.300. The Balaban J connectivity index is 1.59. The van der Waals surface area contributed by atoms with Crippen molar-refractivity contribution in [3.8, 4) is 0 Å². The fourth-order valence-corrected chi connectivity index (χ4v) is 4.28. The van der Waals surface area contributed by atoms with Crippen molar-refractivity contribution in [1.29, 1.82) is 0 Å². The van der Waals surface area contributed by atoms with Gasteiger partial charge in [-0.05, 0) is 37.1 Å². The molecule has 0 unspecified atom stereocenters. The molecular formula is C20H21N3O5S. The molecule has 0 atom stereocenters. The number of nitro benzene ring substituents is 1. The Kier molecular flexibility index (Phi) is 6.84. The van der Waals surface area contributed by atoms with Gasteiger partial charge in [0.15, 0.2) is 0 Å². The third kappa shape index (κ3) is 5.78. The first kappa shape index (κ1) is 20.8. The van der Waals surface area contributed by atoms with Gasteiger partial charge < -0.3 is 15.4 Å². The fourth-order valence-electron chi connectivity index (χ4n) is 2.97. The van der Waals surface area contributed by atoms with Crippen LogP contribution in [0.15, 0.2) is 59.5 Å². The van der Waals surface area contributed by atoms with Gasteiger partial charge >= 0.3 is 11.8 Å². The monoisotopic (exact) mass is 415 g/mol. The predicted molar refractivity (Wildman–Crippen MR) is 110 cm³/mol. The Morgan fingerprint density at radius 1 is 1.03 bits per heavy atom. The number of carbonyl (C=O) groups excluding carboxylic acids is 2. The lowest BCUT2D eigenvalue weighted by Crippen LogP contribution is -2.47. The average Bonchev–Trinajstić information content (AvgIpc) is 2.74. The number of carbonyl (C=O) groups is 2. The van der Waals surface area contributed by atoms with E-state index in [1.54, 1.807) is 11.8 Å². The molecule has 0 aliphatic carbocycles. The predicted octanol–water partition coefficient (Wildman–Crippen LogP) is 2.99. The molecule has 3 rings (SSSR count). The number of rotatable bonds is 6. The van der Waals surface area contributed by atoms with Crippen molar-refractivity contribution < 1.29 is 19.2 Å². The lowest BCUT2D eigenvalue weighted by atomic mass is 9.99. The number of amides is 2. The van der Waals surface area contributed by atoms with Crippen LogP contribution in [-0.2, 0) is 14.3 Å². The summed E-state index contributed by atoms with van der Waals surface area (Å²) in [4.78, 5) is 35.7. The minimum absolute atomic E-state index is 0.0909. The van der Waals surface area contributed by atoms with E-state index in [0.717, 1.165) is 17.7 Å². The van der Waals surface area contributed by atoms with Gasteiger partial charge in [-0.1, -0.05) is 18.2 Å². The second-order valence-corrected chi connectivity index (χ2v) is 8.19. The summed E-state index contributed by atoms with van der Waals surface area (Å²) in [5.41, 5.74) is 0.224. The summed E-state index contributed by atoms with van der Waals surface area (Å²) < 4.78 is 5.22. The minimum Gasteiger partial charge on any atom is -0.381 e. The number of non-ortho nitro benzene ring substituents is 1. The van der Waals surface area contributed by atoms with Crippen LogP contribution in [0.3, 0.4) is 0 Å². The van der Waals surface area contributed by atoms with E-state index in [1.165, 1.54) is 24.3 Å². The summed E-state index contributed by atoms with van der Waals surface area (Å²) in [5, 5.41) is 15.9. The number of nitrogens with one attached hydrogen (secondary N) is 2. The van der Waals surface area contributed by atoms with Crippen LogP contribution in [0, 0.1) is 10.1 Å².